The maximum atomic E-state index is 13.6. The molecular weight excluding hydrogens is 233 g/mol. The Balaban J connectivity index is 1.92. The first-order valence-electron chi connectivity index (χ1n) is 5.63. The number of anilines is 1. The summed E-state index contributed by atoms with van der Waals surface area (Å²) in [4.78, 5) is 4.25. The zero-order chi connectivity index (χ0) is 12.5. The van der Waals surface area contributed by atoms with Gasteiger partial charge in [-0.05, 0) is 24.3 Å². The van der Waals surface area contributed by atoms with Gasteiger partial charge >= 0.3 is 0 Å². The number of fused-ring (bicyclic) bond motifs is 1. The second kappa shape index (κ2) is 4.18. The minimum Gasteiger partial charge on any atom is -0.467 e. The Hall–Kier alpha value is -2.30. The molecular formula is C13H12FN3O. The number of aromatic nitrogens is 2. The van der Waals surface area contributed by atoms with E-state index in [-0.39, 0.29) is 5.82 Å². The van der Waals surface area contributed by atoms with Gasteiger partial charge in [-0.3, -0.25) is 0 Å². The van der Waals surface area contributed by atoms with Crippen LogP contribution in [-0.2, 0) is 13.6 Å². The summed E-state index contributed by atoms with van der Waals surface area (Å²) in [5.41, 5.74) is 1.14. The van der Waals surface area contributed by atoms with Gasteiger partial charge in [-0.1, -0.05) is 6.07 Å². The number of hydrogen-bond donors (Lipinski definition) is 1. The molecule has 0 radical (unpaired) electrons. The van der Waals surface area contributed by atoms with Crippen LogP contribution in [0.1, 0.15) is 5.76 Å². The van der Waals surface area contributed by atoms with E-state index in [0.29, 0.717) is 18.0 Å². The highest BCUT2D eigenvalue weighted by Gasteiger charge is 2.10. The smallest absolute Gasteiger partial charge is 0.204 e. The fourth-order valence-corrected chi connectivity index (χ4v) is 1.92. The zero-order valence-electron chi connectivity index (χ0n) is 9.85. The van der Waals surface area contributed by atoms with E-state index < -0.39 is 0 Å². The van der Waals surface area contributed by atoms with Gasteiger partial charge < -0.3 is 14.3 Å². The van der Waals surface area contributed by atoms with Crippen LogP contribution in [0.4, 0.5) is 10.3 Å². The lowest BCUT2D eigenvalue weighted by Gasteiger charge is -2.03. The molecule has 4 nitrogen and oxygen atoms in total. The summed E-state index contributed by atoms with van der Waals surface area (Å²) in [5.74, 6) is 1.11. The molecule has 0 aliphatic heterocycles. The molecule has 0 unspecified atom stereocenters. The van der Waals surface area contributed by atoms with Crippen molar-refractivity contribution in [2.75, 3.05) is 5.32 Å². The maximum Gasteiger partial charge on any atom is 0.204 e. The highest BCUT2D eigenvalue weighted by molar-refractivity contribution is 5.79. The monoisotopic (exact) mass is 245 g/mol. The summed E-state index contributed by atoms with van der Waals surface area (Å²) in [7, 11) is 1.85. The Bertz CT molecular complexity index is 673. The number of aryl methyl sites for hydroxylation is 1. The molecule has 18 heavy (non-hydrogen) atoms. The van der Waals surface area contributed by atoms with E-state index in [0.717, 1.165) is 11.3 Å². The van der Waals surface area contributed by atoms with Crippen LogP contribution in [0.5, 0.6) is 0 Å². The molecule has 0 saturated carbocycles. The van der Waals surface area contributed by atoms with E-state index >= 15 is 0 Å². The molecule has 5 heteroatoms. The number of nitrogens with zero attached hydrogens (tertiary/aromatic N) is 2. The molecule has 92 valence electrons. The lowest BCUT2D eigenvalue weighted by atomic mass is 10.3. The summed E-state index contributed by atoms with van der Waals surface area (Å²) in [6.45, 7) is 0.520. The van der Waals surface area contributed by atoms with Crippen LogP contribution in [0.3, 0.4) is 0 Å². The fourth-order valence-electron chi connectivity index (χ4n) is 1.92. The van der Waals surface area contributed by atoms with E-state index in [9.17, 15) is 4.39 Å². The minimum atomic E-state index is -0.311. The molecule has 2 heterocycles. The molecule has 3 rings (SSSR count). The van der Waals surface area contributed by atoms with Crippen molar-refractivity contribution >= 4 is 17.0 Å². The van der Waals surface area contributed by atoms with Crippen LogP contribution in [-0.4, -0.2) is 9.55 Å². The largest absolute Gasteiger partial charge is 0.467 e. The lowest BCUT2D eigenvalue weighted by molar-refractivity contribution is 0.517. The number of halogens is 1. The van der Waals surface area contributed by atoms with E-state index in [2.05, 4.69) is 10.3 Å². The third-order valence-electron chi connectivity index (χ3n) is 2.86. The van der Waals surface area contributed by atoms with Crippen LogP contribution >= 0.6 is 0 Å². The average molecular weight is 245 g/mol. The lowest BCUT2D eigenvalue weighted by Crippen LogP contribution is -2.04. The topological polar surface area (TPSA) is 43.0 Å². The third kappa shape index (κ3) is 1.73. The van der Waals surface area contributed by atoms with Crippen LogP contribution in [0, 0.1) is 5.82 Å². The summed E-state index contributed by atoms with van der Waals surface area (Å²) < 4.78 is 20.6. The molecule has 0 amide bonds. The van der Waals surface area contributed by atoms with Crippen LogP contribution in [0.25, 0.3) is 11.0 Å². The second-order valence-electron chi connectivity index (χ2n) is 4.03. The first kappa shape index (κ1) is 10.8. The predicted molar refractivity (Wildman–Crippen MR) is 66.7 cm³/mol. The van der Waals surface area contributed by atoms with Gasteiger partial charge in [-0.2, -0.15) is 0 Å². The third-order valence-corrected chi connectivity index (χ3v) is 2.86. The van der Waals surface area contributed by atoms with E-state index in [4.69, 9.17) is 4.42 Å². The number of imidazole rings is 1. The Morgan fingerprint density at radius 2 is 2.22 bits per heavy atom. The Morgan fingerprint density at radius 3 is 2.94 bits per heavy atom. The normalized spacial score (nSPS) is 11.0. The van der Waals surface area contributed by atoms with Crippen molar-refractivity contribution in [3.05, 3.63) is 48.2 Å². The van der Waals surface area contributed by atoms with Crippen molar-refractivity contribution in [3.63, 3.8) is 0 Å². The molecule has 0 bridgehead atoms. The van der Waals surface area contributed by atoms with E-state index in [1.807, 2.05) is 29.8 Å². The van der Waals surface area contributed by atoms with Crippen molar-refractivity contribution < 1.29 is 8.81 Å². The number of rotatable bonds is 3. The van der Waals surface area contributed by atoms with Crippen molar-refractivity contribution in [3.8, 4) is 0 Å². The predicted octanol–water partition coefficient (Wildman–Crippen LogP) is 2.92. The van der Waals surface area contributed by atoms with Gasteiger partial charge in [0, 0.05) is 7.05 Å². The highest BCUT2D eigenvalue weighted by Crippen LogP contribution is 2.20. The summed E-state index contributed by atoms with van der Waals surface area (Å²) >= 11 is 0. The molecule has 3 aromatic rings. The molecule has 0 aliphatic carbocycles. The number of furan rings is 1. The molecule has 0 saturated heterocycles. The number of benzene rings is 1. The average Bonchev–Trinajstić information content (AvgIpc) is 2.97. The molecule has 0 fully saturated rings. The summed E-state index contributed by atoms with van der Waals surface area (Å²) in [5, 5.41) is 3.12. The van der Waals surface area contributed by atoms with Crippen molar-refractivity contribution in [1.82, 2.24) is 9.55 Å². The molecule has 0 spiro atoms. The van der Waals surface area contributed by atoms with Crippen LogP contribution in [0.2, 0.25) is 0 Å². The molecule has 1 N–H and O–H groups in total. The zero-order valence-corrected chi connectivity index (χ0v) is 9.85. The molecule has 1 aromatic carbocycles. The Kier molecular flexibility index (Phi) is 2.51. The SMILES string of the molecule is Cn1c(NCc2ccco2)nc2c(F)cccc21. The molecule has 2 aromatic heterocycles. The second-order valence-corrected chi connectivity index (χ2v) is 4.03. The number of hydrogen-bond acceptors (Lipinski definition) is 3. The first-order chi connectivity index (χ1) is 8.75. The van der Waals surface area contributed by atoms with Gasteiger partial charge in [0.15, 0.2) is 5.82 Å². The standard InChI is InChI=1S/C13H12FN3O/c1-17-11-6-2-5-10(14)12(11)16-13(17)15-8-9-4-3-7-18-9/h2-7H,8H2,1H3,(H,15,16). The summed E-state index contributed by atoms with van der Waals surface area (Å²) in [6.07, 6.45) is 1.62. The number of para-hydroxylation sites is 1. The van der Waals surface area contributed by atoms with Gasteiger partial charge in [0.1, 0.15) is 11.3 Å². The highest BCUT2D eigenvalue weighted by atomic mass is 19.1. The number of nitrogens with one attached hydrogen (secondary N) is 1. The van der Waals surface area contributed by atoms with Gasteiger partial charge in [-0.15, -0.1) is 0 Å². The van der Waals surface area contributed by atoms with Crippen molar-refractivity contribution in [2.45, 2.75) is 6.54 Å². The van der Waals surface area contributed by atoms with Gasteiger partial charge in [0.2, 0.25) is 5.95 Å². The quantitative estimate of drug-likeness (QED) is 0.771. The maximum absolute atomic E-state index is 13.6. The van der Waals surface area contributed by atoms with E-state index in [1.165, 1.54) is 6.07 Å². The van der Waals surface area contributed by atoms with Gasteiger partial charge in [-0.25, -0.2) is 9.37 Å². The first-order valence-corrected chi connectivity index (χ1v) is 5.63. The Labute approximate surface area is 103 Å². The van der Waals surface area contributed by atoms with Crippen molar-refractivity contribution in [1.29, 1.82) is 0 Å². The minimum absolute atomic E-state index is 0.311. The Morgan fingerprint density at radius 1 is 1.33 bits per heavy atom. The summed E-state index contributed by atoms with van der Waals surface area (Å²) in [6, 6.07) is 8.62. The van der Waals surface area contributed by atoms with Crippen molar-refractivity contribution in [2.24, 2.45) is 7.05 Å². The van der Waals surface area contributed by atoms with Gasteiger partial charge in [0.25, 0.3) is 0 Å². The van der Waals surface area contributed by atoms with E-state index in [1.54, 1.807) is 12.3 Å². The van der Waals surface area contributed by atoms with Crippen LogP contribution < -0.4 is 5.32 Å². The molecule has 0 atom stereocenters. The fraction of sp³-hybridized carbons (Fsp3) is 0.154. The van der Waals surface area contributed by atoms with Gasteiger partial charge in [0.05, 0.1) is 18.3 Å². The van der Waals surface area contributed by atoms with Crippen LogP contribution in [0.15, 0.2) is 41.0 Å². The molecule has 0 aliphatic rings.